The molecule has 160 valence electrons. The highest BCUT2D eigenvalue weighted by Gasteiger charge is 2.31. The number of aromatic amines is 1. The maximum atomic E-state index is 5.34. The van der Waals surface area contributed by atoms with Crippen LogP contribution in [0.2, 0.25) is 0 Å². The molecular formula is C21H29N7OS. The molecule has 0 amide bonds. The topological polar surface area (TPSA) is 94.4 Å². The number of nitrogens with zero attached hydrogens (tertiary/aromatic N) is 4. The highest BCUT2D eigenvalue weighted by molar-refractivity contribution is 7.10. The number of hydrogen-bond acceptors (Lipinski definition) is 6. The lowest BCUT2D eigenvalue weighted by Crippen LogP contribution is -2.44. The van der Waals surface area contributed by atoms with Crippen LogP contribution in [0.3, 0.4) is 0 Å². The van der Waals surface area contributed by atoms with Gasteiger partial charge >= 0.3 is 0 Å². The summed E-state index contributed by atoms with van der Waals surface area (Å²) in [7, 11) is 2.23. The van der Waals surface area contributed by atoms with Gasteiger partial charge < -0.3 is 15.1 Å². The van der Waals surface area contributed by atoms with E-state index in [2.05, 4.69) is 67.2 Å². The van der Waals surface area contributed by atoms with E-state index in [0.717, 1.165) is 25.6 Å². The van der Waals surface area contributed by atoms with Crippen molar-refractivity contribution in [1.82, 2.24) is 30.7 Å². The van der Waals surface area contributed by atoms with E-state index in [1.165, 1.54) is 17.7 Å². The first-order valence-corrected chi connectivity index (χ1v) is 11.3. The van der Waals surface area contributed by atoms with Gasteiger partial charge in [0.25, 0.3) is 0 Å². The minimum Gasteiger partial charge on any atom is -0.461 e. The van der Waals surface area contributed by atoms with Gasteiger partial charge in [-0.15, -0.1) is 16.4 Å². The molecule has 4 heterocycles. The van der Waals surface area contributed by atoms with Crippen LogP contribution < -0.4 is 10.6 Å². The molecule has 0 aromatic carbocycles. The number of nitrogens with one attached hydrogen (secondary N) is 3. The van der Waals surface area contributed by atoms with Gasteiger partial charge in [-0.2, -0.15) is 0 Å². The van der Waals surface area contributed by atoms with Crippen LogP contribution in [0, 0.1) is 5.92 Å². The number of piperidine rings is 1. The van der Waals surface area contributed by atoms with E-state index < -0.39 is 0 Å². The van der Waals surface area contributed by atoms with Gasteiger partial charge in [-0.3, -0.25) is 10.00 Å². The summed E-state index contributed by atoms with van der Waals surface area (Å²) < 4.78 is 5.34. The maximum absolute atomic E-state index is 5.34. The number of aliphatic imine (C=N–C) groups is 1. The normalized spacial score (nSPS) is 20.4. The number of thiophene rings is 1. The minimum absolute atomic E-state index is 0.419. The molecule has 1 saturated heterocycles. The lowest BCUT2D eigenvalue weighted by atomic mass is 9.88. The van der Waals surface area contributed by atoms with Crippen LogP contribution in [0.5, 0.6) is 0 Å². The monoisotopic (exact) mass is 427 g/mol. The van der Waals surface area contributed by atoms with Gasteiger partial charge in [-0.1, -0.05) is 6.07 Å². The molecule has 1 fully saturated rings. The summed E-state index contributed by atoms with van der Waals surface area (Å²) in [6.07, 6.45) is 4.06. The Morgan fingerprint density at radius 2 is 2.30 bits per heavy atom. The fourth-order valence-corrected chi connectivity index (χ4v) is 4.97. The minimum atomic E-state index is 0.419. The molecule has 4 rings (SSSR count). The third kappa shape index (κ3) is 4.91. The van der Waals surface area contributed by atoms with E-state index in [1.54, 1.807) is 6.26 Å². The van der Waals surface area contributed by atoms with Crippen LogP contribution in [0.1, 0.15) is 36.5 Å². The molecule has 2 atom stereocenters. The highest BCUT2D eigenvalue weighted by Crippen LogP contribution is 2.36. The van der Waals surface area contributed by atoms with Crippen molar-refractivity contribution in [3.63, 3.8) is 0 Å². The van der Waals surface area contributed by atoms with Crippen LogP contribution >= 0.6 is 11.3 Å². The molecule has 8 nitrogen and oxygen atoms in total. The second-order valence-corrected chi connectivity index (χ2v) is 8.48. The number of rotatable bonds is 7. The van der Waals surface area contributed by atoms with Crippen molar-refractivity contribution in [3.05, 3.63) is 46.6 Å². The molecule has 0 spiro atoms. The molecular weight excluding hydrogens is 398 g/mol. The van der Waals surface area contributed by atoms with Gasteiger partial charge in [-0.05, 0) is 62.9 Å². The van der Waals surface area contributed by atoms with E-state index in [1.807, 2.05) is 23.5 Å². The molecule has 1 aliphatic rings. The molecule has 9 heteroatoms. The average Bonchev–Trinajstić information content (AvgIpc) is 3.52. The lowest BCUT2D eigenvalue weighted by molar-refractivity contribution is 0.125. The molecule has 3 aromatic rings. The Bertz CT molecular complexity index is 919. The summed E-state index contributed by atoms with van der Waals surface area (Å²) in [6.45, 7) is 5.33. The molecule has 30 heavy (non-hydrogen) atoms. The molecule has 2 unspecified atom stereocenters. The SMILES string of the molecule is CCNC(=NCc1nc(-c2ccco2)n[nH]1)NCC1CCCN(C)C1c1cccs1. The van der Waals surface area contributed by atoms with E-state index in [4.69, 9.17) is 4.42 Å². The van der Waals surface area contributed by atoms with Crippen LogP contribution in [-0.4, -0.2) is 52.7 Å². The first kappa shape index (κ1) is 20.6. The van der Waals surface area contributed by atoms with Crippen LogP contribution in [-0.2, 0) is 6.54 Å². The zero-order valence-corrected chi connectivity index (χ0v) is 18.3. The smallest absolute Gasteiger partial charge is 0.216 e. The standard InChI is InChI=1S/C21H29N7OS/c1-3-22-21(24-14-18-25-20(27-26-18)16-8-5-11-29-16)23-13-15-7-4-10-28(2)19(15)17-9-6-12-30-17/h5-6,8-9,11-12,15,19H,3-4,7,10,13-14H2,1-2H3,(H2,22,23,24)(H,25,26,27). The van der Waals surface area contributed by atoms with E-state index in [0.29, 0.717) is 35.9 Å². The molecule has 0 saturated carbocycles. The zero-order chi connectivity index (χ0) is 20.8. The van der Waals surface area contributed by atoms with E-state index >= 15 is 0 Å². The first-order chi connectivity index (χ1) is 14.7. The van der Waals surface area contributed by atoms with E-state index in [-0.39, 0.29) is 0 Å². The van der Waals surface area contributed by atoms with Gasteiger partial charge in [0.2, 0.25) is 5.82 Å². The predicted octanol–water partition coefficient (Wildman–Crippen LogP) is 3.26. The molecule has 1 aliphatic heterocycles. The van der Waals surface area contributed by atoms with Crippen LogP contribution in [0.15, 0.2) is 45.3 Å². The Kier molecular flexibility index (Phi) is 6.81. The molecule has 0 bridgehead atoms. The van der Waals surface area contributed by atoms with E-state index in [9.17, 15) is 0 Å². The Balaban J connectivity index is 1.39. The maximum Gasteiger partial charge on any atom is 0.216 e. The van der Waals surface area contributed by atoms with Crippen molar-refractivity contribution >= 4 is 17.3 Å². The van der Waals surface area contributed by atoms with Crippen molar-refractivity contribution in [2.75, 3.05) is 26.7 Å². The second kappa shape index (κ2) is 9.90. The Morgan fingerprint density at radius 1 is 1.37 bits per heavy atom. The largest absolute Gasteiger partial charge is 0.461 e. The third-order valence-corrected chi connectivity index (χ3v) is 6.32. The van der Waals surface area contributed by atoms with Crippen molar-refractivity contribution in [2.45, 2.75) is 32.4 Å². The first-order valence-electron chi connectivity index (χ1n) is 10.5. The number of furan rings is 1. The van der Waals surface area contributed by atoms with Crippen molar-refractivity contribution in [2.24, 2.45) is 10.9 Å². The fraction of sp³-hybridized carbons (Fsp3) is 0.476. The molecule has 3 aromatic heterocycles. The van der Waals surface area contributed by atoms with Crippen LogP contribution in [0.25, 0.3) is 11.6 Å². The Morgan fingerprint density at radius 3 is 3.07 bits per heavy atom. The van der Waals surface area contributed by atoms with Gasteiger partial charge in [0.1, 0.15) is 12.4 Å². The number of guanidine groups is 1. The van der Waals surface area contributed by atoms with Gasteiger partial charge in [0.15, 0.2) is 11.7 Å². The summed E-state index contributed by atoms with van der Waals surface area (Å²) in [5.74, 6) is 3.24. The number of likely N-dealkylation sites (tertiary alicyclic amines) is 1. The Hall–Kier alpha value is -2.65. The molecule has 3 N–H and O–H groups in total. The van der Waals surface area contributed by atoms with Crippen molar-refractivity contribution in [1.29, 1.82) is 0 Å². The molecule has 0 radical (unpaired) electrons. The predicted molar refractivity (Wildman–Crippen MR) is 119 cm³/mol. The highest BCUT2D eigenvalue weighted by atomic mass is 32.1. The lowest BCUT2D eigenvalue weighted by Gasteiger charge is -2.39. The molecule has 0 aliphatic carbocycles. The summed E-state index contributed by atoms with van der Waals surface area (Å²) in [6, 6.07) is 8.52. The zero-order valence-electron chi connectivity index (χ0n) is 17.5. The average molecular weight is 428 g/mol. The quantitative estimate of drug-likeness (QED) is 0.396. The van der Waals surface area contributed by atoms with Crippen molar-refractivity contribution in [3.8, 4) is 11.6 Å². The van der Waals surface area contributed by atoms with Gasteiger partial charge in [0, 0.05) is 24.0 Å². The van der Waals surface area contributed by atoms with Gasteiger partial charge in [-0.25, -0.2) is 9.98 Å². The Labute approximate surface area is 180 Å². The summed E-state index contributed by atoms with van der Waals surface area (Å²) in [4.78, 5) is 13.1. The summed E-state index contributed by atoms with van der Waals surface area (Å²) in [5.41, 5.74) is 0. The summed E-state index contributed by atoms with van der Waals surface area (Å²) in [5, 5.41) is 16.2. The van der Waals surface area contributed by atoms with Crippen molar-refractivity contribution < 1.29 is 4.42 Å². The fourth-order valence-electron chi connectivity index (χ4n) is 3.99. The second-order valence-electron chi connectivity index (χ2n) is 7.50. The number of hydrogen-bond donors (Lipinski definition) is 3. The number of aromatic nitrogens is 3. The third-order valence-electron chi connectivity index (χ3n) is 5.38. The number of H-pyrrole nitrogens is 1. The van der Waals surface area contributed by atoms with Crippen LogP contribution in [0.4, 0.5) is 0 Å². The van der Waals surface area contributed by atoms with Gasteiger partial charge in [0.05, 0.1) is 6.26 Å². The summed E-state index contributed by atoms with van der Waals surface area (Å²) >= 11 is 1.85.